The van der Waals surface area contributed by atoms with Crippen molar-refractivity contribution in [3.8, 4) is 0 Å². The third-order valence-electron chi connectivity index (χ3n) is 3.45. The molecule has 3 heteroatoms. The van der Waals surface area contributed by atoms with Crippen molar-refractivity contribution in [2.45, 2.75) is 58.5 Å². The van der Waals surface area contributed by atoms with Crippen molar-refractivity contribution >= 4 is 5.95 Å². The number of rotatable bonds is 1. The van der Waals surface area contributed by atoms with E-state index < -0.39 is 0 Å². The van der Waals surface area contributed by atoms with Crippen molar-refractivity contribution < 1.29 is 0 Å². The maximum absolute atomic E-state index is 4.42. The van der Waals surface area contributed by atoms with E-state index in [2.05, 4.69) is 14.9 Å². The van der Waals surface area contributed by atoms with Gasteiger partial charge in [0.1, 0.15) is 0 Å². The number of hydrogen-bond acceptors (Lipinski definition) is 3. The van der Waals surface area contributed by atoms with Crippen LogP contribution in [0.25, 0.3) is 0 Å². The number of anilines is 1. The minimum atomic E-state index is 0.725. The number of fused-ring (bicyclic) bond motifs is 2. The van der Waals surface area contributed by atoms with Gasteiger partial charge in [0.25, 0.3) is 0 Å². The Morgan fingerprint density at radius 1 is 1.00 bits per heavy atom. The molecular formula is C13H21N3. The molecule has 3 nitrogen and oxygen atoms in total. The first-order valence-electron chi connectivity index (χ1n) is 6.41. The molecule has 16 heavy (non-hydrogen) atoms. The Hall–Kier alpha value is -1.12. The molecule has 1 aromatic rings. The SMILES string of the molecule is CC.Cc1cnc(N2C3CCC2CC3)nc1. The fourth-order valence-corrected chi connectivity index (χ4v) is 2.76. The molecular weight excluding hydrogens is 198 g/mol. The maximum Gasteiger partial charge on any atom is 0.225 e. The van der Waals surface area contributed by atoms with Crippen LogP contribution in [-0.2, 0) is 0 Å². The second-order valence-electron chi connectivity index (χ2n) is 4.43. The minimum Gasteiger partial charge on any atom is -0.335 e. The molecule has 0 atom stereocenters. The summed E-state index contributed by atoms with van der Waals surface area (Å²) in [6, 6.07) is 1.45. The molecule has 0 radical (unpaired) electrons. The van der Waals surface area contributed by atoms with Crippen LogP contribution < -0.4 is 4.90 Å². The third kappa shape index (κ3) is 1.91. The highest BCUT2D eigenvalue weighted by molar-refractivity contribution is 5.38. The lowest BCUT2D eigenvalue weighted by atomic mass is 10.0. The average Bonchev–Trinajstić information content (AvgIpc) is 2.93. The molecule has 2 aliphatic rings. The predicted octanol–water partition coefficient (Wildman–Crippen LogP) is 2.94. The highest BCUT2D eigenvalue weighted by Crippen LogP contribution is 2.39. The Labute approximate surface area is 97.9 Å². The molecule has 0 aliphatic carbocycles. The summed E-state index contributed by atoms with van der Waals surface area (Å²) >= 11 is 0. The summed E-state index contributed by atoms with van der Waals surface area (Å²) in [7, 11) is 0. The van der Waals surface area contributed by atoms with E-state index in [0.29, 0.717) is 0 Å². The van der Waals surface area contributed by atoms with Gasteiger partial charge in [-0.15, -0.1) is 0 Å². The topological polar surface area (TPSA) is 29.0 Å². The van der Waals surface area contributed by atoms with Crippen LogP contribution in [-0.4, -0.2) is 22.1 Å². The smallest absolute Gasteiger partial charge is 0.225 e. The van der Waals surface area contributed by atoms with Gasteiger partial charge >= 0.3 is 0 Å². The predicted molar refractivity (Wildman–Crippen MR) is 66.6 cm³/mol. The Balaban J connectivity index is 0.000000457. The zero-order valence-corrected chi connectivity index (χ0v) is 10.5. The largest absolute Gasteiger partial charge is 0.335 e. The highest BCUT2D eigenvalue weighted by Gasteiger charge is 2.40. The number of aryl methyl sites for hydroxylation is 1. The molecule has 0 amide bonds. The van der Waals surface area contributed by atoms with E-state index in [0.717, 1.165) is 23.6 Å². The minimum absolute atomic E-state index is 0.725. The molecule has 3 heterocycles. The number of hydrogen-bond donors (Lipinski definition) is 0. The third-order valence-corrected chi connectivity index (χ3v) is 3.45. The van der Waals surface area contributed by atoms with Crippen molar-refractivity contribution in [3.05, 3.63) is 18.0 Å². The van der Waals surface area contributed by atoms with E-state index in [1.54, 1.807) is 0 Å². The quantitative estimate of drug-likeness (QED) is 0.727. The normalized spacial score (nSPS) is 26.6. The number of aromatic nitrogens is 2. The van der Waals surface area contributed by atoms with E-state index in [-0.39, 0.29) is 0 Å². The summed E-state index contributed by atoms with van der Waals surface area (Å²) in [5.41, 5.74) is 1.14. The van der Waals surface area contributed by atoms with Crippen LogP contribution >= 0.6 is 0 Å². The van der Waals surface area contributed by atoms with Crippen molar-refractivity contribution in [1.82, 2.24) is 9.97 Å². The van der Waals surface area contributed by atoms with Crippen molar-refractivity contribution in [3.63, 3.8) is 0 Å². The van der Waals surface area contributed by atoms with Crippen LogP contribution in [0.15, 0.2) is 12.4 Å². The fraction of sp³-hybridized carbons (Fsp3) is 0.692. The van der Waals surface area contributed by atoms with Gasteiger partial charge in [-0.05, 0) is 38.2 Å². The van der Waals surface area contributed by atoms with Crippen LogP contribution in [0, 0.1) is 6.92 Å². The first-order valence-corrected chi connectivity index (χ1v) is 6.41. The van der Waals surface area contributed by atoms with Gasteiger partial charge in [-0.1, -0.05) is 13.8 Å². The fourth-order valence-electron chi connectivity index (χ4n) is 2.76. The van der Waals surface area contributed by atoms with Gasteiger partial charge < -0.3 is 4.90 Å². The van der Waals surface area contributed by atoms with E-state index in [9.17, 15) is 0 Å². The maximum atomic E-state index is 4.42. The van der Waals surface area contributed by atoms with E-state index in [4.69, 9.17) is 0 Å². The van der Waals surface area contributed by atoms with E-state index in [1.165, 1.54) is 25.7 Å². The summed E-state index contributed by atoms with van der Waals surface area (Å²) in [4.78, 5) is 11.3. The van der Waals surface area contributed by atoms with Crippen molar-refractivity contribution in [2.24, 2.45) is 0 Å². The molecule has 2 aliphatic heterocycles. The van der Waals surface area contributed by atoms with Gasteiger partial charge in [-0.25, -0.2) is 9.97 Å². The molecule has 0 aromatic carbocycles. The Morgan fingerprint density at radius 3 is 1.88 bits per heavy atom. The Bertz CT molecular complexity index is 314. The second kappa shape index (κ2) is 4.81. The van der Waals surface area contributed by atoms with Crippen LogP contribution in [0.4, 0.5) is 5.95 Å². The molecule has 1 aromatic heterocycles. The molecule has 2 fully saturated rings. The zero-order valence-electron chi connectivity index (χ0n) is 10.5. The summed E-state index contributed by atoms with van der Waals surface area (Å²) in [5, 5.41) is 0. The first kappa shape index (κ1) is 11.4. The molecule has 0 saturated carbocycles. The lowest BCUT2D eigenvalue weighted by Crippen LogP contribution is -2.29. The molecule has 2 bridgehead atoms. The van der Waals surface area contributed by atoms with Crippen LogP contribution in [0.3, 0.4) is 0 Å². The van der Waals surface area contributed by atoms with Crippen LogP contribution in [0.5, 0.6) is 0 Å². The van der Waals surface area contributed by atoms with Crippen molar-refractivity contribution in [2.75, 3.05) is 4.90 Å². The van der Waals surface area contributed by atoms with Gasteiger partial charge in [0, 0.05) is 24.5 Å². The van der Waals surface area contributed by atoms with Crippen LogP contribution in [0.1, 0.15) is 45.1 Å². The van der Waals surface area contributed by atoms with Gasteiger partial charge in [-0.3, -0.25) is 0 Å². The Kier molecular flexibility index (Phi) is 3.42. The van der Waals surface area contributed by atoms with Gasteiger partial charge in [0.2, 0.25) is 5.95 Å². The van der Waals surface area contributed by atoms with Crippen LogP contribution in [0.2, 0.25) is 0 Å². The van der Waals surface area contributed by atoms with Crippen molar-refractivity contribution in [1.29, 1.82) is 0 Å². The second-order valence-corrected chi connectivity index (χ2v) is 4.43. The zero-order chi connectivity index (χ0) is 11.5. The summed E-state index contributed by atoms with van der Waals surface area (Å²) in [5.74, 6) is 0.945. The molecule has 88 valence electrons. The molecule has 0 N–H and O–H groups in total. The lowest BCUT2D eigenvalue weighted by Gasteiger charge is -2.21. The van der Waals surface area contributed by atoms with Gasteiger partial charge in [0.15, 0.2) is 0 Å². The van der Waals surface area contributed by atoms with Gasteiger partial charge in [0.05, 0.1) is 0 Å². The number of nitrogens with zero attached hydrogens (tertiary/aromatic N) is 3. The van der Waals surface area contributed by atoms with Gasteiger partial charge in [-0.2, -0.15) is 0 Å². The van der Waals surface area contributed by atoms with E-state index >= 15 is 0 Å². The summed E-state index contributed by atoms with van der Waals surface area (Å²) in [6.07, 6.45) is 9.17. The molecule has 0 spiro atoms. The monoisotopic (exact) mass is 219 g/mol. The molecule has 2 saturated heterocycles. The average molecular weight is 219 g/mol. The first-order chi connectivity index (χ1) is 7.84. The summed E-state index contributed by atoms with van der Waals surface area (Å²) in [6.45, 7) is 6.03. The molecule has 0 unspecified atom stereocenters. The standard InChI is InChI=1S/C11H15N3.C2H6/c1-8-6-12-11(13-7-8)14-9-2-3-10(14)5-4-9;1-2/h6-7,9-10H,2-5H2,1H3;1-2H3. The highest BCUT2D eigenvalue weighted by atomic mass is 15.3. The Morgan fingerprint density at radius 2 is 1.44 bits per heavy atom. The molecule has 3 rings (SSSR count). The lowest BCUT2D eigenvalue weighted by molar-refractivity contribution is 0.576. The van der Waals surface area contributed by atoms with E-state index in [1.807, 2.05) is 33.2 Å². The summed E-state index contributed by atoms with van der Waals surface area (Å²) < 4.78 is 0.